The molecule has 2 fully saturated rings. The van der Waals surface area contributed by atoms with Crippen LogP contribution in [0.3, 0.4) is 0 Å². The van der Waals surface area contributed by atoms with Gasteiger partial charge >= 0.3 is 0 Å². The Kier molecular flexibility index (Phi) is 5.05. The van der Waals surface area contributed by atoms with E-state index in [-0.39, 0.29) is 17.5 Å². The van der Waals surface area contributed by atoms with Crippen LogP contribution in [0.2, 0.25) is 0 Å². The van der Waals surface area contributed by atoms with E-state index in [1.54, 1.807) is 10.9 Å². The van der Waals surface area contributed by atoms with Crippen molar-refractivity contribution >= 4 is 10.0 Å². The van der Waals surface area contributed by atoms with Crippen LogP contribution >= 0.6 is 0 Å². The van der Waals surface area contributed by atoms with E-state index in [0.29, 0.717) is 31.5 Å². The average molecular weight is 342 g/mol. The van der Waals surface area contributed by atoms with Crippen molar-refractivity contribution in [2.45, 2.75) is 43.7 Å². The van der Waals surface area contributed by atoms with Gasteiger partial charge in [0.25, 0.3) is 0 Å². The summed E-state index contributed by atoms with van der Waals surface area (Å²) < 4.78 is 29.8. The van der Waals surface area contributed by atoms with Crippen LogP contribution < -0.4 is 4.72 Å². The molecule has 2 aliphatic rings. The highest BCUT2D eigenvalue weighted by atomic mass is 32.2. The molecule has 0 spiro atoms. The van der Waals surface area contributed by atoms with Crippen molar-refractivity contribution in [3.8, 4) is 0 Å². The van der Waals surface area contributed by atoms with Crippen molar-refractivity contribution in [1.29, 1.82) is 0 Å². The first-order valence-electron chi connectivity index (χ1n) is 8.41. The highest BCUT2D eigenvalue weighted by molar-refractivity contribution is 7.89. The molecule has 2 heterocycles. The number of aryl methyl sites for hydroxylation is 1. The van der Waals surface area contributed by atoms with Crippen LogP contribution in [0.25, 0.3) is 0 Å². The maximum atomic E-state index is 12.6. The summed E-state index contributed by atoms with van der Waals surface area (Å²) in [4.78, 5) is 2.39. The fourth-order valence-corrected chi connectivity index (χ4v) is 4.70. The fourth-order valence-electron chi connectivity index (χ4n) is 3.47. The number of sulfonamides is 1. The minimum atomic E-state index is -3.54. The third-order valence-corrected chi connectivity index (χ3v) is 6.21. The molecule has 1 saturated heterocycles. The number of likely N-dealkylation sites (tertiary alicyclic amines) is 1. The molecule has 0 radical (unpaired) electrons. The van der Waals surface area contributed by atoms with E-state index in [4.69, 9.17) is 5.11 Å². The molecule has 23 heavy (non-hydrogen) atoms. The Morgan fingerprint density at radius 1 is 1.35 bits per heavy atom. The molecule has 3 rings (SSSR count). The summed E-state index contributed by atoms with van der Waals surface area (Å²) in [7, 11) is -3.54. The van der Waals surface area contributed by atoms with Gasteiger partial charge in [0.1, 0.15) is 4.90 Å². The van der Waals surface area contributed by atoms with Crippen molar-refractivity contribution in [2.75, 3.05) is 26.2 Å². The molecular weight excluding hydrogens is 316 g/mol. The number of nitrogens with one attached hydrogen (secondary N) is 1. The topological polar surface area (TPSA) is 87.5 Å². The zero-order valence-electron chi connectivity index (χ0n) is 13.6. The second-order valence-corrected chi connectivity index (χ2v) is 8.37. The second kappa shape index (κ2) is 6.88. The third-order valence-electron chi connectivity index (χ3n) is 4.76. The molecule has 7 nitrogen and oxygen atoms in total. The maximum absolute atomic E-state index is 12.6. The third kappa shape index (κ3) is 3.93. The standard InChI is InChI=1S/C15H26N4O3S/c1-2-5-19-9-13(8-16-19)23(21,22)17-15-11-18(6-7-20)10-14(15)12-3-4-12/h8-9,12,14-15,17,20H,2-7,10-11H2,1H3/t14-,15+/m0/s1. The van der Waals surface area contributed by atoms with Gasteiger partial charge in [-0.25, -0.2) is 13.1 Å². The first-order valence-corrected chi connectivity index (χ1v) is 9.90. The fraction of sp³-hybridized carbons (Fsp3) is 0.800. The lowest BCUT2D eigenvalue weighted by Crippen LogP contribution is -2.41. The Hall–Kier alpha value is -0.960. The van der Waals surface area contributed by atoms with Gasteiger partial charge in [-0.15, -0.1) is 0 Å². The Morgan fingerprint density at radius 3 is 2.78 bits per heavy atom. The number of rotatable bonds is 8. The minimum absolute atomic E-state index is 0.0754. The summed E-state index contributed by atoms with van der Waals surface area (Å²) in [6.45, 7) is 5.00. The first-order chi connectivity index (χ1) is 11.0. The Labute approximate surface area is 137 Å². The van der Waals surface area contributed by atoms with Crippen LogP contribution in [0.4, 0.5) is 0 Å². The molecule has 2 atom stereocenters. The predicted molar refractivity (Wildman–Crippen MR) is 86.4 cm³/mol. The van der Waals surface area contributed by atoms with Crippen LogP contribution in [0.1, 0.15) is 26.2 Å². The van der Waals surface area contributed by atoms with Gasteiger partial charge in [0.15, 0.2) is 0 Å². The second-order valence-electron chi connectivity index (χ2n) is 6.65. The van der Waals surface area contributed by atoms with Gasteiger partial charge in [0.05, 0.1) is 12.8 Å². The van der Waals surface area contributed by atoms with E-state index < -0.39 is 10.0 Å². The molecule has 1 saturated carbocycles. The summed E-state index contributed by atoms with van der Waals surface area (Å²) in [6, 6.07) is -0.0754. The number of nitrogens with zero attached hydrogens (tertiary/aromatic N) is 3. The number of hydrogen-bond acceptors (Lipinski definition) is 5. The highest BCUT2D eigenvalue weighted by Gasteiger charge is 2.43. The van der Waals surface area contributed by atoms with Crippen molar-refractivity contribution in [1.82, 2.24) is 19.4 Å². The van der Waals surface area contributed by atoms with Crippen molar-refractivity contribution < 1.29 is 13.5 Å². The molecule has 8 heteroatoms. The van der Waals surface area contributed by atoms with Crippen molar-refractivity contribution in [3.05, 3.63) is 12.4 Å². The lowest BCUT2D eigenvalue weighted by molar-refractivity contribution is 0.215. The van der Waals surface area contributed by atoms with Gasteiger partial charge in [-0.05, 0) is 31.1 Å². The van der Waals surface area contributed by atoms with E-state index in [2.05, 4.69) is 14.7 Å². The van der Waals surface area contributed by atoms with Crippen LogP contribution in [0, 0.1) is 11.8 Å². The average Bonchev–Trinajstić information content (AvgIpc) is 3.09. The number of aromatic nitrogens is 2. The van der Waals surface area contributed by atoms with Crippen LogP contribution in [0.5, 0.6) is 0 Å². The lowest BCUT2D eigenvalue weighted by atomic mass is 9.99. The Morgan fingerprint density at radius 2 is 2.13 bits per heavy atom. The Bertz CT molecular complexity index is 626. The molecule has 0 unspecified atom stereocenters. The monoisotopic (exact) mass is 342 g/mol. The van der Waals surface area contributed by atoms with Crippen LogP contribution in [0.15, 0.2) is 17.3 Å². The van der Waals surface area contributed by atoms with Gasteiger partial charge in [-0.1, -0.05) is 6.92 Å². The van der Waals surface area contributed by atoms with Gasteiger partial charge < -0.3 is 5.11 Å². The smallest absolute Gasteiger partial charge is 0.243 e. The zero-order valence-corrected chi connectivity index (χ0v) is 14.4. The van der Waals surface area contributed by atoms with E-state index in [0.717, 1.165) is 13.0 Å². The molecule has 130 valence electrons. The van der Waals surface area contributed by atoms with Gasteiger partial charge in [0, 0.05) is 38.4 Å². The van der Waals surface area contributed by atoms with Crippen LogP contribution in [-0.2, 0) is 16.6 Å². The molecule has 0 aromatic carbocycles. The predicted octanol–water partition coefficient (Wildman–Crippen LogP) is 0.274. The zero-order chi connectivity index (χ0) is 16.4. The largest absolute Gasteiger partial charge is 0.395 e. The normalized spacial score (nSPS) is 26.0. The summed E-state index contributed by atoms with van der Waals surface area (Å²) in [5, 5.41) is 13.2. The molecular formula is C15H26N4O3S. The van der Waals surface area contributed by atoms with E-state index >= 15 is 0 Å². The Balaban J connectivity index is 1.70. The number of aliphatic hydroxyl groups excluding tert-OH is 1. The molecule has 1 aromatic rings. The minimum Gasteiger partial charge on any atom is -0.395 e. The molecule has 1 aliphatic heterocycles. The molecule has 0 bridgehead atoms. The number of β-amino-alcohol motifs (C(OH)–C–C–N with tert-alkyl or cyclic N) is 1. The summed E-state index contributed by atoms with van der Waals surface area (Å²) in [6.07, 6.45) is 6.30. The molecule has 1 aliphatic carbocycles. The number of hydrogen-bond donors (Lipinski definition) is 2. The summed E-state index contributed by atoms with van der Waals surface area (Å²) in [5.41, 5.74) is 0. The first kappa shape index (κ1) is 16.9. The quantitative estimate of drug-likeness (QED) is 0.708. The van der Waals surface area contributed by atoms with E-state index in [9.17, 15) is 8.42 Å². The SMILES string of the molecule is CCCn1cc(S(=O)(=O)N[C@@H]2CN(CCO)C[C@H]2C2CC2)cn1. The molecule has 2 N–H and O–H groups in total. The van der Waals surface area contributed by atoms with Gasteiger partial charge in [-0.2, -0.15) is 5.10 Å². The van der Waals surface area contributed by atoms with E-state index in [1.807, 2.05) is 6.92 Å². The maximum Gasteiger partial charge on any atom is 0.243 e. The van der Waals surface area contributed by atoms with Crippen molar-refractivity contribution in [3.63, 3.8) is 0 Å². The van der Waals surface area contributed by atoms with Gasteiger partial charge in [0.2, 0.25) is 10.0 Å². The van der Waals surface area contributed by atoms with Crippen molar-refractivity contribution in [2.24, 2.45) is 11.8 Å². The molecule has 0 amide bonds. The lowest BCUT2D eigenvalue weighted by Gasteiger charge is -2.18. The number of aliphatic hydroxyl groups is 1. The summed E-state index contributed by atoms with van der Waals surface area (Å²) >= 11 is 0. The highest BCUT2D eigenvalue weighted by Crippen LogP contribution is 2.41. The summed E-state index contributed by atoms with van der Waals surface area (Å²) in [5.74, 6) is 0.969. The van der Waals surface area contributed by atoms with Crippen LogP contribution in [-0.4, -0.2) is 60.5 Å². The van der Waals surface area contributed by atoms with E-state index in [1.165, 1.54) is 19.0 Å². The molecule has 1 aromatic heterocycles. The van der Waals surface area contributed by atoms with Gasteiger partial charge in [-0.3, -0.25) is 9.58 Å².